The number of hydrogen-bond acceptors (Lipinski definition) is 4. The molecule has 3 rings (SSSR count). The standard InChI is InChI=1S/C24H31ClN2O3/c1-18-13-21(14-19(2)23(18)25)30-17-24(29)10-6-12-27(16-24)15-22(28)26-11-9-20-7-4-3-5-8-20/h3-5,7-8,13-14,29H,6,9-12,15-17H2,1-2H3,(H,26,28)/t24-/m1/s1. The molecule has 2 aromatic carbocycles. The summed E-state index contributed by atoms with van der Waals surface area (Å²) in [6, 6.07) is 13.9. The number of nitrogens with zero attached hydrogens (tertiary/aromatic N) is 1. The molecule has 30 heavy (non-hydrogen) atoms. The Kier molecular flexibility index (Phi) is 7.75. The van der Waals surface area contributed by atoms with E-state index in [1.165, 1.54) is 5.56 Å². The van der Waals surface area contributed by atoms with Crippen LogP contribution in [-0.4, -0.2) is 54.3 Å². The molecule has 1 aliphatic rings. The van der Waals surface area contributed by atoms with Crippen LogP contribution in [0.25, 0.3) is 0 Å². The van der Waals surface area contributed by atoms with Gasteiger partial charge in [-0.1, -0.05) is 41.9 Å². The minimum atomic E-state index is -0.968. The Balaban J connectivity index is 1.46. The number of ether oxygens (including phenoxy) is 1. The van der Waals surface area contributed by atoms with Crippen molar-refractivity contribution in [1.29, 1.82) is 0 Å². The molecule has 1 saturated heterocycles. The monoisotopic (exact) mass is 430 g/mol. The largest absolute Gasteiger partial charge is 0.491 e. The number of piperidine rings is 1. The molecule has 1 atom stereocenters. The maximum atomic E-state index is 12.3. The van der Waals surface area contributed by atoms with Crippen LogP contribution in [0.5, 0.6) is 5.75 Å². The van der Waals surface area contributed by atoms with Crippen LogP contribution in [0.3, 0.4) is 0 Å². The molecular formula is C24H31ClN2O3. The van der Waals surface area contributed by atoms with Crippen molar-refractivity contribution >= 4 is 17.5 Å². The topological polar surface area (TPSA) is 61.8 Å². The minimum Gasteiger partial charge on any atom is -0.491 e. The van der Waals surface area contributed by atoms with Gasteiger partial charge in [-0.25, -0.2) is 0 Å². The first-order chi connectivity index (χ1) is 14.3. The molecule has 6 heteroatoms. The van der Waals surface area contributed by atoms with E-state index in [1.54, 1.807) is 0 Å². The van der Waals surface area contributed by atoms with E-state index in [9.17, 15) is 9.90 Å². The highest BCUT2D eigenvalue weighted by molar-refractivity contribution is 6.32. The molecule has 0 radical (unpaired) electrons. The van der Waals surface area contributed by atoms with Crippen LogP contribution in [0.15, 0.2) is 42.5 Å². The minimum absolute atomic E-state index is 0.0138. The van der Waals surface area contributed by atoms with Crippen LogP contribution in [0.1, 0.15) is 29.5 Å². The van der Waals surface area contributed by atoms with Crippen molar-refractivity contribution in [1.82, 2.24) is 10.2 Å². The number of nitrogens with one attached hydrogen (secondary N) is 1. The fraction of sp³-hybridized carbons (Fsp3) is 0.458. The number of carbonyl (C=O) groups excluding carboxylic acids is 1. The average Bonchev–Trinajstić information content (AvgIpc) is 2.71. The van der Waals surface area contributed by atoms with E-state index in [0.717, 1.165) is 35.5 Å². The van der Waals surface area contributed by atoms with Gasteiger partial charge < -0.3 is 15.2 Å². The van der Waals surface area contributed by atoms with Gasteiger partial charge in [0.15, 0.2) is 0 Å². The van der Waals surface area contributed by atoms with Crippen molar-refractivity contribution < 1.29 is 14.6 Å². The third-order valence-corrected chi connectivity index (χ3v) is 6.09. The summed E-state index contributed by atoms with van der Waals surface area (Å²) >= 11 is 6.21. The Hall–Kier alpha value is -2.08. The van der Waals surface area contributed by atoms with Gasteiger partial charge in [0.25, 0.3) is 0 Å². The van der Waals surface area contributed by atoms with Gasteiger partial charge in [0, 0.05) is 18.1 Å². The quantitative estimate of drug-likeness (QED) is 0.672. The SMILES string of the molecule is Cc1cc(OC[C@@]2(O)CCCN(CC(=O)NCCc3ccccc3)C2)cc(C)c1Cl. The maximum Gasteiger partial charge on any atom is 0.234 e. The lowest BCUT2D eigenvalue weighted by atomic mass is 9.93. The molecule has 0 unspecified atom stereocenters. The number of aliphatic hydroxyl groups is 1. The number of benzene rings is 2. The highest BCUT2D eigenvalue weighted by Crippen LogP contribution is 2.28. The van der Waals surface area contributed by atoms with E-state index in [1.807, 2.05) is 49.1 Å². The fourth-order valence-corrected chi connectivity index (χ4v) is 4.03. The zero-order valence-corrected chi connectivity index (χ0v) is 18.5. The lowest BCUT2D eigenvalue weighted by Gasteiger charge is -2.38. The molecule has 1 heterocycles. The molecule has 2 aromatic rings. The van der Waals surface area contributed by atoms with Crippen molar-refractivity contribution in [2.45, 2.75) is 38.7 Å². The summed E-state index contributed by atoms with van der Waals surface area (Å²) in [7, 11) is 0. The van der Waals surface area contributed by atoms with Crippen molar-refractivity contribution in [3.05, 3.63) is 64.2 Å². The van der Waals surface area contributed by atoms with Gasteiger partial charge in [-0.3, -0.25) is 9.69 Å². The van der Waals surface area contributed by atoms with Crippen LogP contribution < -0.4 is 10.1 Å². The van der Waals surface area contributed by atoms with E-state index in [2.05, 4.69) is 17.4 Å². The Morgan fingerprint density at radius 3 is 2.63 bits per heavy atom. The second-order valence-electron chi connectivity index (χ2n) is 8.28. The molecule has 0 spiro atoms. The molecule has 0 aromatic heterocycles. The number of hydrogen-bond donors (Lipinski definition) is 2. The Morgan fingerprint density at radius 1 is 1.23 bits per heavy atom. The van der Waals surface area contributed by atoms with E-state index in [-0.39, 0.29) is 19.1 Å². The van der Waals surface area contributed by atoms with Crippen LogP contribution in [0, 0.1) is 13.8 Å². The molecule has 0 saturated carbocycles. The predicted octanol–water partition coefficient (Wildman–Crippen LogP) is 3.52. The molecule has 0 bridgehead atoms. The van der Waals surface area contributed by atoms with Crippen molar-refractivity contribution in [2.75, 3.05) is 32.8 Å². The van der Waals surface area contributed by atoms with Crippen LogP contribution in [0.2, 0.25) is 5.02 Å². The molecular weight excluding hydrogens is 400 g/mol. The summed E-state index contributed by atoms with van der Waals surface area (Å²) in [5.41, 5.74) is 2.14. The fourth-order valence-electron chi connectivity index (χ4n) is 3.92. The number of aryl methyl sites for hydroxylation is 2. The molecule has 162 valence electrons. The van der Waals surface area contributed by atoms with E-state index >= 15 is 0 Å². The zero-order valence-electron chi connectivity index (χ0n) is 17.8. The number of halogens is 1. The summed E-state index contributed by atoms with van der Waals surface area (Å²) in [6.45, 7) is 6.19. The molecule has 5 nitrogen and oxygen atoms in total. The molecule has 1 amide bonds. The first kappa shape index (κ1) is 22.6. The summed E-state index contributed by atoms with van der Waals surface area (Å²) in [5.74, 6) is 0.693. The average molecular weight is 431 g/mol. The summed E-state index contributed by atoms with van der Waals surface area (Å²) < 4.78 is 5.90. The predicted molar refractivity (Wildman–Crippen MR) is 120 cm³/mol. The summed E-state index contributed by atoms with van der Waals surface area (Å²) in [6.07, 6.45) is 2.30. The molecule has 1 fully saturated rings. The van der Waals surface area contributed by atoms with Crippen LogP contribution in [-0.2, 0) is 11.2 Å². The summed E-state index contributed by atoms with van der Waals surface area (Å²) in [5, 5.41) is 14.7. The number of β-amino-alcohol motifs (C(OH)–C–C–N with tert-alkyl or cyclic N) is 1. The van der Waals surface area contributed by atoms with Crippen LogP contribution >= 0.6 is 11.6 Å². The van der Waals surface area contributed by atoms with Crippen molar-refractivity contribution in [3.63, 3.8) is 0 Å². The third-order valence-electron chi connectivity index (χ3n) is 5.50. The number of likely N-dealkylation sites (tertiary alicyclic amines) is 1. The number of rotatable bonds is 8. The van der Waals surface area contributed by atoms with Crippen molar-refractivity contribution in [3.8, 4) is 5.75 Å². The van der Waals surface area contributed by atoms with E-state index < -0.39 is 5.60 Å². The highest BCUT2D eigenvalue weighted by Gasteiger charge is 2.34. The highest BCUT2D eigenvalue weighted by atomic mass is 35.5. The third kappa shape index (κ3) is 6.46. The lowest BCUT2D eigenvalue weighted by molar-refractivity contribution is -0.124. The van der Waals surface area contributed by atoms with Gasteiger partial charge in [0.1, 0.15) is 18.0 Å². The molecule has 0 aliphatic carbocycles. The Bertz CT molecular complexity index is 836. The van der Waals surface area contributed by atoms with Gasteiger partial charge >= 0.3 is 0 Å². The van der Waals surface area contributed by atoms with Crippen molar-refractivity contribution in [2.24, 2.45) is 0 Å². The second-order valence-corrected chi connectivity index (χ2v) is 8.66. The first-order valence-corrected chi connectivity index (χ1v) is 10.9. The Morgan fingerprint density at radius 2 is 1.93 bits per heavy atom. The zero-order chi connectivity index (χ0) is 21.6. The maximum absolute atomic E-state index is 12.3. The number of amides is 1. The molecule has 2 N–H and O–H groups in total. The smallest absolute Gasteiger partial charge is 0.234 e. The number of carbonyl (C=O) groups is 1. The second kappa shape index (κ2) is 10.3. The lowest BCUT2D eigenvalue weighted by Crippen LogP contribution is -2.53. The van der Waals surface area contributed by atoms with Crippen LogP contribution in [0.4, 0.5) is 0 Å². The normalized spacial score (nSPS) is 19.5. The van der Waals surface area contributed by atoms with Gasteiger partial charge in [-0.2, -0.15) is 0 Å². The van der Waals surface area contributed by atoms with Gasteiger partial charge in [0.2, 0.25) is 5.91 Å². The van der Waals surface area contributed by atoms with Gasteiger partial charge in [-0.15, -0.1) is 0 Å². The molecule has 1 aliphatic heterocycles. The van der Waals surface area contributed by atoms with E-state index in [0.29, 0.717) is 25.3 Å². The first-order valence-electron chi connectivity index (χ1n) is 10.5. The van der Waals surface area contributed by atoms with E-state index in [4.69, 9.17) is 16.3 Å². The van der Waals surface area contributed by atoms with Gasteiger partial charge in [-0.05, 0) is 68.5 Å². The summed E-state index contributed by atoms with van der Waals surface area (Å²) in [4.78, 5) is 14.3. The Labute approximate surface area is 184 Å². The van der Waals surface area contributed by atoms with Gasteiger partial charge in [0.05, 0.1) is 6.54 Å².